The SMILES string of the molecule is CC1CN(CCCC(C)(C)C(=N)N)CC(C)S1. The summed E-state index contributed by atoms with van der Waals surface area (Å²) >= 11 is 2.09. The number of amidine groups is 1. The van der Waals surface area contributed by atoms with Crippen molar-refractivity contribution >= 4 is 17.6 Å². The summed E-state index contributed by atoms with van der Waals surface area (Å²) in [5, 5.41) is 9.04. The van der Waals surface area contributed by atoms with Crippen molar-refractivity contribution in [3.8, 4) is 0 Å². The van der Waals surface area contributed by atoms with E-state index in [0.29, 0.717) is 5.84 Å². The zero-order valence-corrected chi connectivity index (χ0v) is 12.4. The third-order valence-electron chi connectivity index (χ3n) is 3.50. The van der Waals surface area contributed by atoms with E-state index in [0.717, 1.165) is 29.9 Å². The zero-order valence-electron chi connectivity index (χ0n) is 11.6. The van der Waals surface area contributed by atoms with Gasteiger partial charge in [0.25, 0.3) is 0 Å². The van der Waals surface area contributed by atoms with Crippen LogP contribution >= 0.6 is 11.8 Å². The van der Waals surface area contributed by atoms with E-state index in [1.165, 1.54) is 13.1 Å². The van der Waals surface area contributed by atoms with Crippen LogP contribution in [0.4, 0.5) is 0 Å². The highest BCUT2D eigenvalue weighted by Crippen LogP contribution is 2.26. The van der Waals surface area contributed by atoms with Crippen molar-refractivity contribution in [3.05, 3.63) is 0 Å². The molecule has 3 nitrogen and oxygen atoms in total. The third-order valence-corrected chi connectivity index (χ3v) is 4.73. The highest BCUT2D eigenvalue weighted by molar-refractivity contribution is 8.00. The Morgan fingerprint density at radius 1 is 1.35 bits per heavy atom. The van der Waals surface area contributed by atoms with Gasteiger partial charge in [0.1, 0.15) is 0 Å². The largest absolute Gasteiger partial charge is 0.387 e. The average Bonchev–Trinajstić information content (AvgIpc) is 2.15. The van der Waals surface area contributed by atoms with Crippen LogP contribution < -0.4 is 5.73 Å². The maximum atomic E-state index is 7.54. The molecule has 2 atom stereocenters. The lowest BCUT2D eigenvalue weighted by molar-refractivity contribution is 0.255. The lowest BCUT2D eigenvalue weighted by atomic mass is 9.86. The van der Waals surface area contributed by atoms with Gasteiger partial charge in [-0.15, -0.1) is 0 Å². The Hall–Kier alpha value is -0.220. The molecule has 3 N–H and O–H groups in total. The molecule has 0 spiro atoms. The molecule has 0 aliphatic carbocycles. The van der Waals surface area contributed by atoms with Crippen LogP contribution in [0.5, 0.6) is 0 Å². The van der Waals surface area contributed by atoms with Crippen LogP contribution in [0.15, 0.2) is 0 Å². The average molecular weight is 257 g/mol. The monoisotopic (exact) mass is 257 g/mol. The van der Waals surface area contributed by atoms with E-state index in [1.807, 2.05) is 0 Å². The molecule has 1 heterocycles. The Labute approximate surface area is 110 Å². The van der Waals surface area contributed by atoms with Gasteiger partial charge in [-0.3, -0.25) is 5.41 Å². The van der Waals surface area contributed by atoms with Gasteiger partial charge < -0.3 is 10.6 Å². The fourth-order valence-electron chi connectivity index (χ4n) is 2.35. The molecule has 4 heteroatoms. The first-order valence-corrected chi connectivity index (χ1v) is 7.48. The lowest BCUT2D eigenvalue weighted by Crippen LogP contribution is -2.41. The summed E-state index contributed by atoms with van der Waals surface area (Å²) in [6.45, 7) is 12.3. The van der Waals surface area contributed by atoms with Crippen LogP contribution in [0.2, 0.25) is 0 Å². The molecular formula is C13H27N3S. The second-order valence-electron chi connectivity index (χ2n) is 5.92. The van der Waals surface area contributed by atoms with E-state index in [1.54, 1.807) is 0 Å². The van der Waals surface area contributed by atoms with E-state index in [4.69, 9.17) is 11.1 Å². The number of nitrogens with zero attached hydrogens (tertiary/aromatic N) is 1. The van der Waals surface area contributed by atoms with Crippen molar-refractivity contribution in [1.82, 2.24) is 4.90 Å². The van der Waals surface area contributed by atoms with Crippen LogP contribution in [-0.4, -0.2) is 40.9 Å². The van der Waals surface area contributed by atoms with Crippen LogP contribution in [0.25, 0.3) is 0 Å². The maximum absolute atomic E-state index is 7.54. The normalized spacial score (nSPS) is 27.1. The highest BCUT2D eigenvalue weighted by atomic mass is 32.2. The van der Waals surface area contributed by atoms with Gasteiger partial charge in [0.2, 0.25) is 0 Å². The molecule has 17 heavy (non-hydrogen) atoms. The Balaban J connectivity index is 2.29. The fraction of sp³-hybridized carbons (Fsp3) is 0.923. The molecule has 1 aliphatic rings. The number of thioether (sulfide) groups is 1. The summed E-state index contributed by atoms with van der Waals surface area (Å²) in [6, 6.07) is 0. The fourth-order valence-corrected chi connectivity index (χ4v) is 3.73. The van der Waals surface area contributed by atoms with Crippen molar-refractivity contribution in [2.75, 3.05) is 19.6 Å². The van der Waals surface area contributed by atoms with Crippen LogP contribution in [0.3, 0.4) is 0 Å². The van der Waals surface area contributed by atoms with Crippen molar-refractivity contribution in [2.45, 2.75) is 51.0 Å². The van der Waals surface area contributed by atoms with E-state index in [9.17, 15) is 0 Å². The van der Waals surface area contributed by atoms with E-state index in [2.05, 4.69) is 44.4 Å². The minimum absolute atomic E-state index is 0.137. The molecule has 0 radical (unpaired) electrons. The van der Waals surface area contributed by atoms with E-state index < -0.39 is 0 Å². The van der Waals surface area contributed by atoms with Gasteiger partial charge in [-0.2, -0.15) is 11.8 Å². The molecule has 1 fully saturated rings. The summed E-state index contributed by atoms with van der Waals surface area (Å²) in [4.78, 5) is 2.56. The Morgan fingerprint density at radius 3 is 2.35 bits per heavy atom. The quantitative estimate of drug-likeness (QED) is 0.588. The number of rotatable bonds is 5. The number of nitrogens with two attached hydrogens (primary N) is 1. The molecule has 0 aromatic carbocycles. The van der Waals surface area contributed by atoms with Crippen molar-refractivity contribution in [3.63, 3.8) is 0 Å². The highest BCUT2D eigenvalue weighted by Gasteiger charge is 2.24. The molecule has 1 aliphatic heterocycles. The van der Waals surface area contributed by atoms with Crippen LogP contribution in [0.1, 0.15) is 40.5 Å². The predicted octanol–water partition coefficient (Wildman–Crippen LogP) is 2.55. The second-order valence-corrected chi connectivity index (χ2v) is 7.80. The van der Waals surface area contributed by atoms with Gasteiger partial charge in [0, 0.05) is 29.0 Å². The molecule has 0 saturated carbocycles. The third kappa shape index (κ3) is 4.88. The maximum Gasteiger partial charge on any atom is 0.0963 e. The van der Waals surface area contributed by atoms with Gasteiger partial charge in [-0.05, 0) is 19.4 Å². The molecule has 1 saturated heterocycles. The Kier molecular flexibility index (Phi) is 5.32. The molecule has 100 valence electrons. The summed E-state index contributed by atoms with van der Waals surface area (Å²) in [5.41, 5.74) is 5.46. The van der Waals surface area contributed by atoms with Crippen LogP contribution in [0, 0.1) is 10.8 Å². The molecule has 0 bridgehead atoms. The molecule has 0 aromatic rings. The molecule has 2 unspecified atom stereocenters. The first-order chi connectivity index (χ1) is 7.81. The topological polar surface area (TPSA) is 53.1 Å². The summed E-state index contributed by atoms with van der Waals surface area (Å²) in [5.74, 6) is 0.313. The summed E-state index contributed by atoms with van der Waals surface area (Å²) in [7, 11) is 0. The Morgan fingerprint density at radius 2 is 1.88 bits per heavy atom. The lowest BCUT2D eigenvalue weighted by Gasteiger charge is -2.35. The number of nitrogens with one attached hydrogen (secondary N) is 1. The molecule has 0 aromatic heterocycles. The van der Waals surface area contributed by atoms with Gasteiger partial charge in [-0.25, -0.2) is 0 Å². The molecule has 1 rings (SSSR count). The van der Waals surface area contributed by atoms with Gasteiger partial charge in [-0.1, -0.05) is 27.7 Å². The second kappa shape index (κ2) is 6.10. The summed E-state index contributed by atoms with van der Waals surface area (Å²) < 4.78 is 0. The van der Waals surface area contributed by atoms with Crippen molar-refractivity contribution < 1.29 is 0 Å². The number of hydrogen-bond donors (Lipinski definition) is 2. The van der Waals surface area contributed by atoms with Crippen molar-refractivity contribution in [2.24, 2.45) is 11.1 Å². The smallest absolute Gasteiger partial charge is 0.0963 e. The van der Waals surface area contributed by atoms with E-state index in [-0.39, 0.29) is 5.41 Å². The summed E-state index contributed by atoms with van der Waals surface area (Å²) in [6.07, 6.45) is 2.14. The van der Waals surface area contributed by atoms with Gasteiger partial charge in [0.15, 0.2) is 0 Å². The zero-order chi connectivity index (χ0) is 13.1. The minimum Gasteiger partial charge on any atom is -0.387 e. The molecular weight excluding hydrogens is 230 g/mol. The first kappa shape index (κ1) is 14.8. The van der Waals surface area contributed by atoms with E-state index >= 15 is 0 Å². The minimum atomic E-state index is -0.137. The predicted molar refractivity (Wildman–Crippen MR) is 77.9 cm³/mol. The molecule has 0 amide bonds. The first-order valence-electron chi connectivity index (χ1n) is 6.53. The number of hydrogen-bond acceptors (Lipinski definition) is 3. The van der Waals surface area contributed by atoms with Gasteiger partial charge >= 0.3 is 0 Å². The standard InChI is InChI=1S/C13H27N3S/c1-10-8-16(9-11(2)17-10)7-5-6-13(3,4)12(14)15/h10-11H,5-9H2,1-4H3,(H3,14,15). The Bertz CT molecular complexity index is 255. The van der Waals surface area contributed by atoms with Crippen LogP contribution in [-0.2, 0) is 0 Å². The van der Waals surface area contributed by atoms with Crippen molar-refractivity contribution in [1.29, 1.82) is 5.41 Å². The van der Waals surface area contributed by atoms with Gasteiger partial charge in [0.05, 0.1) is 5.84 Å².